The highest BCUT2D eigenvalue weighted by molar-refractivity contribution is 7.99. The lowest BCUT2D eigenvalue weighted by atomic mass is 10.3. The molecule has 0 saturated heterocycles. The molecule has 0 bridgehead atoms. The third-order valence-corrected chi connectivity index (χ3v) is 3.01. The second kappa shape index (κ2) is 5.12. The van der Waals surface area contributed by atoms with Crippen LogP contribution in [0, 0.1) is 0 Å². The van der Waals surface area contributed by atoms with Gasteiger partial charge in [-0.15, -0.1) is 11.8 Å². The zero-order chi connectivity index (χ0) is 10.6. The number of ether oxygens (including phenoxy) is 1. The summed E-state index contributed by atoms with van der Waals surface area (Å²) >= 11 is 1.53. The van der Waals surface area contributed by atoms with Crippen LogP contribution in [0.3, 0.4) is 0 Å². The van der Waals surface area contributed by atoms with Gasteiger partial charge in [-0.3, -0.25) is 0 Å². The Labute approximate surface area is 88.3 Å². The number of aliphatic hydroxyl groups is 1. The van der Waals surface area contributed by atoms with Crippen LogP contribution < -0.4 is 10.5 Å². The molecule has 0 saturated carbocycles. The van der Waals surface area contributed by atoms with Crippen LogP contribution in [0.15, 0.2) is 23.1 Å². The van der Waals surface area contributed by atoms with Crippen molar-refractivity contribution in [2.45, 2.75) is 17.9 Å². The third-order valence-electron chi connectivity index (χ3n) is 1.70. The summed E-state index contributed by atoms with van der Waals surface area (Å²) in [5.74, 6) is 1.42. The Morgan fingerprint density at radius 3 is 2.86 bits per heavy atom. The molecule has 0 aromatic heterocycles. The lowest BCUT2D eigenvalue weighted by Crippen LogP contribution is -2.03. The summed E-state index contributed by atoms with van der Waals surface area (Å²) < 4.78 is 5.09. The lowest BCUT2D eigenvalue weighted by Gasteiger charge is -2.08. The number of anilines is 1. The Morgan fingerprint density at radius 2 is 2.29 bits per heavy atom. The van der Waals surface area contributed by atoms with E-state index in [-0.39, 0.29) is 6.10 Å². The minimum Gasteiger partial charge on any atom is -0.497 e. The highest BCUT2D eigenvalue weighted by atomic mass is 32.2. The molecular weight excluding hydrogens is 198 g/mol. The van der Waals surface area contributed by atoms with Gasteiger partial charge in [-0.05, 0) is 25.1 Å². The quantitative estimate of drug-likeness (QED) is 0.591. The van der Waals surface area contributed by atoms with Gasteiger partial charge in [0.05, 0.1) is 13.2 Å². The van der Waals surface area contributed by atoms with E-state index >= 15 is 0 Å². The minimum atomic E-state index is -0.328. The second-order valence-corrected chi connectivity index (χ2v) is 4.13. The zero-order valence-corrected chi connectivity index (χ0v) is 9.17. The van der Waals surface area contributed by atoms with Crippen molar-refractivity contribution in [3.63, 3.8) is 0 Å². The molecule has 0 fully saturated rings. The fourth-order valence-corrected chi connectivity index (χ4v) is 1.83. The number of aliphatic hydroxyl groups excluding tert-OH is 1. The maximum Gasteiger partial charge on any atom is 0.120 e. The van der Waals surface area contributed by atoms with E-state index < -0.39 is 0 Å². The van der Waals surface area contributed by atoms with Crippen LogP contribution in [0.2, 0.25) is 0 Å². The van der Waals surface area contributed by atoms with Crippen LogP contribution in [-0.2, 0) is 0 Å². The molecule has 0 aliphatic heterocycles. The van der Waals surface area contributed by atoms with Crippen LogP contribution >= 0.6 is 11.8 Å². The molecule has 3 nitrogen and oxygen atoms in total. The summed E-state index contributed by atoms with van der Waals surface area (Å²) in [6.45, 7) is 1.75. The minimum absolute atomic E-state index is 0.328. The summed E-state index contributed by atoms with van der Waals surface area (Å²) in [5.41, 5.74) is 6.49. The van der Waals surface area contributed by atoms with Crippen molar-refractivity contribution in [1.82, 2.24) is 0 Å². The van der Waals surface area contributed by atoms with E-state index in [1.807, 2.05) is 18.2 Å². The summed E-state index contributed by atoms with van der Waals surface area (Å²) in [6.07, 6.45) is -0.328. The van der Waals surface area contributed by atoms with Gasteiger partial charge in [0.2, 0.25) is 0 Å². The first-order valence-electron chi connectivity index (χ1n) is 4.38. The highest BCUT2D eigenvalue weighted by Crippen LogP contribution is 2.29. The maximum absolute atomic E-state index is 9.14. The number of nitrogen functional groups attached to an aromatic ring is 1. The van der Waals surface area contributed by atoms with Crippen LogP contribution in [0.25, 0.3) is 0 Å². The molecule has 0 aliphatic rings. The van der Waals surface area contributed by atoms with Gasteiger partial charge in [0.15, 0.2) is 0 Å². The first-order chi connectivity index (χ1) is 6.63. The van der Waals surface area contributed by atoms with Crippen LogP contribution in [0.4, 0.5) is 5.69 Å². The average Bonchev–Trinajstić information content (AvgIpc) is 2.16. The molecule has 1 atom stereocenters. The maximum atomic E-state index is 9.14. The first-order valence-corrected chi connectivity index (χ1v) is 5.36. The number of thioether (sulfide) groups is 1. The van der Waals surface area contributed by atoms with Gasteiger partial charge in [-0.25, -0.2) is 0 Å². The van der Waals surface area contributed by atoms with Crippen LogP contribution in [-0.4, -0.2) is 24.1 Å². The Morgan fingerprint density at radius 1 is 1.57 bits per heavy atom. The van der Waals surface area contributed by atoms with Gasteiger partial charge < -0.3 is 15.6 Å². The molecule has 1 unspecified atom stereocenters. The highest BCUT2D eigenvalue weighted by Gasteiger charge is 2.04. The number of hydrogen-bond acceptors (Lipinski definition) is 4. The fourth-order valence-electron chi connectivity index (χ4n) is 0.977. The van der Waals surface area contributed by atoms with Crippen molar-refractivity contribution < 1.29 is 9.84 Å². The molecule has 0 heterocycles. The van der Waals surface area contributed by atoms with Crippen molar-refractivity contribution >= 4 is 17.4 Å². The SMILES string of the molecule is COc1ccc(N)c(SCC(C)O)c1. The van der Waals surface area contributed by atoms with Crippen molar-refractivity contribution in [2.24, 2.45) is 0 Å². The average molecular weight is 213 g/mol. The van der Waals surface area contributed by atoms with E-state index in [9.17, 15) is 0 Å². The van der Waals surface area contributed by atoms with E-state index in [1.165, 1.54) is 11.8 Å². The molecule has 1 rings (SSSR count). The predicted octanol–water partition coefficient (Wildman–Crippen LogP) is 1.75. The first kappa shape index (κ1) is 11.2. The summed E-state index contributed by atoms with van der Waals surface area (Å²) in [4.78, 5) is 0.949. The van der Waals surface area contributed by atoms with E-state index in [0.29, 0.717) is 5.75 Å². The van der Waals surface area contributed by atoms with Gasteiger partial charge in [0.1, 0.15) is 5.75 Å². The van der Waals surface area contributed by atoms with Crippen molar-refractivity contribution in [2.75, 3.05) is 18.6 Å². The third kappa shape index (κ3) is 3.12. The van der Waals surface area contributed by atoms with Crippen LogP contribution in [0.1, 0.15) is 6.92 Å². The number of benzene rings is 1. The number of nitrogens with two attached hydrogens (primary N) is 1. The Hall–Kier alpha value is -0.870. The summed E-state index contributed by atoms with van der Waals surface area (Å²) in [6, 6.07) is 5.51. The number of rotatable bonds is 4. The molecule has 1 aromatic rings. The van der Waals surface area contributed by atoms with E-state index in [0.717, 1.165) is 16.3 Å². The summed E-state index contributed by atoms with van der Waals surface area (Å²) in [7, 11) is 1.62. The monoisotopic (exact) mass is 213 g/mol. The van der Waals surface area contributed by atoms with Gasteiger partial charge in [0.25, 0.3) is 0 Å². The van der Waals surface area contributed by atoms with Gasteiger partial charge in [-0.1, -0.05) is 0 Å². The molecule has 0 amide bonds. The molecule has 14 heavy (non-hydrogen) atoms. The van der Waals surface area contributed by atoms with Crippen molar-refractivity contribution in [1.29, 1.82) is 0 Å². The van der Waals surface area contributed by atoms with Gasteiger partial charge in [-0.2, -0.15) is 0 Å². The molecule has 1 aromatic carbocycles. The number of methoxy groups -OCH3 is 1. The van der Waals surface area contributed by atoms with Crippen molar-refractivity contribution in [3.8, 4) is 5.75 Å². The lowest BCUT2D eigenvalue weighted by molar-refractivity contribution is 0.220. The van der Waals surface area contributed by atoms with E-state index in [4.69, 9.17) is 15.6 Å². The molecule has 4 heteroatoms. The summed E-state index contributed by atoms with van der Waals surface area (Å²) in [5, 5.41) is 9.14. The van der Waals surface area contributed by atoms with Crippen LogP contribution in [0.5, 0.6) is 5.75 Å². The Kier molecular flexibility index (Phi) is 4.10. The molecule has 0 spiro atoms. The fraction of sp³-hybridized carbons (Fsp3) is 0.400. The van der Waals surface area contributed by atoms with Gasteiger partial charge >= 0.3 is 0 Å². The Bertz CT molecular complexity index is 302. The second-order valence-electron chi connectivity index (χ2n) is 3.06. The number of hydrogen-bond donors (Lipinski definition) is 2. The van der Waals surface area contributed by atoms with E-state index in [2.05, 4.69) is 0 Å². The predicted molar refractivity (Wildman–Crippen MR) is 59.8 cm³/mol. The molecular formula is C10H15NO2S. The standard InChI is InChI=1S/C10H15NO2S/c1-7(12)6-14-10-5-8(13-2)3-4-9(10)11/h3-5,7,12H,6,11H2,1-2H3. The Balaban J connectivity index is 2.73. The van der Waals surface area contributed by atoms with E-state index in [1.54, 1.807) is 14.0 Å². The molecule has 0 aliphatic carbocycles. The largest absolute Gasteiger partial charge is 0.497 e. The zero-order valence-electron chi connectivity index (χ0n) is 8.36. The van der Waals surface area contributed by atoms with Crippen molar-refractivity contribution in [3.05, 3.63) is 18.2 Å². The molecule has 0 radical (unpaired) electrons. The normalized spacial score (nSPS) is 12.5. The topological polar surface area (TPSA) is 55.5 Å². The molecule has 78 valence electrons. The van der Waals surface area contributed by atoms with Gasteiger partial charge in [0, 0.05) is 16.3 Å². The smallest absolute Gasteiger partial charge is 0.120 e. The molecule has 3 N–H and O–H groups in total.